The molecule has 2 rings (SSSR count). The Bertz CT molecular complexity index is 543. The number of aromatic nitrogens is 3. The van der Waals surface area contributed by atoms with Gasteiger partial charge < -0.3 is 15.2 Å². The number of hydrogen-bond donors (Lipinski definition) is 2. The number of nitrogens with zero attached hydrogens (tertiary/aromatic N) is 4. The van der Waals surface area contributed by atoms with Crippen molar-refractivity contribution in [2.24, 2.45) is 4.99 Å². The molecule has 0 atom stereocenters. The summed E-state index contributed by atoms with van der Waals surface area (Å²) in [5.41, 5.74) is 0. The monoisotopic (exact) mass is 308 g/mol. The molecule has 0 aliphatic heterocycles. The molecule has 2 N–H and O–H groups in total. The van der Waals surface area contributed by atoms with E-state index in [0.29, 0.717) is 24.7 Å². The Kier molecular flexibility index (Phi) is 5.68. The van der Waals surface area contributed by atoms with Crippen LogP contribution in [0.15, 0.2) is 15.7 Å². The van der Waals surface area contributed by atoms with Gasteiger partial charge in [-0.3, -0.25) is 4.99 Å². The van der Waals surface area contributed by atoms with Gasteiger partial charge in [0.1, 0.15) is 0 Å². The number of aliphatic imine (C=N–C) groups is 1. The lowest BCUT2D eigenvalue weighted by atomic mass is 10.4. The molecule has 0 saturated carbocycles. The molecular weight excluding hydrogens is 288 g/mol. The quantitative estimate of drug-likeness (QED) is 0.613. The van der Waals surface area contributed by atoms with E-state index in [1.807, 2.05) is 6.20 Å². The Labute approximate surface area is 127 Å². The van der Waals surface area contributed by atoms with Crippen molar-refractivity contribution in [3.05, 3.63) is 27.8 Å². The fraction of sp³-hybridized carbons (Fsp3) is 0.538. The van der Waals surface area contributed by atoms with Gasteiger partial charge in [-0.15, -0.1) is 11.3 Å². The van der Waals surface area contributed by atoms with E-state index in [2.05, 4.69) is 37.7 Å². The lowest BCUT2D eigenvalue weighted by molar-refractivity contribution is 0.374. The Morgan fingerprint density at radius 2 is 2.05 bits per heavy atom. The molecule has 0 aromatic carbocycles. The fourth-order valence-electron chi connectivity index (χ4n) is 1.75. The normalized spacial score (nSPS) is 11.7. The van der Waals surface area contributed by atoms with Crippen molar-refractivity contribution in [3.63, 3.8) is 0 Å². The molecule has 0 radical (unpaired) electrons. The van der Waals surface area contributed by atoms with Crippen LogP contribution in [0.5, 0.6) is 0 Å². The summed E-state index contributed by atoms with van der Waals surface area (Å²) in [6, 6.07) is 0. The van der Waals surface area contributed by atoms with Crippen LogP contribution in [0, 0.1) is 13.8 Å². The summed E-state index contributed by atoms with van der Waals surface area (Å²) in [6.07, 6.45) is 3.47. The molecule has 21 heavy (non-hydrogen) atoms. The van der Waals surface area contributed by atoms with Gasteiger partial charge in [0.2, 0.25) is 5.89 Å². The summed E-state index contributed by atoms with van der Waals surface area (Å²) < 4.78 is 5.05. The molecule has 0 amide bonds. The van der Waals surface area contributed by atoms with E-state index >= 15 is 0 Å². The average molecular weight is 308 g/mol. The second-order valence-electron chi connectivity index (χ2n) is 4.53. The Morgan fingerprint density at radius 3 is 2.62 bits per heavy atom. The van der Waals surface area contributed by atoms with Crippen LogP contribution in [0.4, 0.5) is 0 Å². The van der Waals surface area contributed by atoms with Crippen LogP contribution in [0.25, 0.3) is 0 Å². The van der Waals surface area contributed by atoms with Crippen LogP contribution < -0.4 is 10.6 Å². The molecule has 0 spiro atoms. The van der Waals surface area contributed by atoms with Gasteiger partial charge in [-0.05, 0) is 13.8 Å². The number of nitrogens with one attached hydrogen (secondary N) is 2. The van der Waals surface area contributed by atoms with E-state index in [1.165, 1.54) is 4.88 Å². The van der Waals surface area contributed by atoms with Gasteiger partial charge in [-0.1, -0.05) is 5.16 Å². The van der Waals surface area contributed by atoms with Crippen LogP contribution in [0.3, 0.4) is 0 Å². The third-order valence-corrected chi connectivity index (χ3v) is 3.70. The van der Waals surface area contributed by atoms with Crippen molar-refractivity contribution >= 4 is 17.3 Å². The smallest absolute Gasteiger partial charge is 0.228 e. The van der Waals surface area contributed by atoms with Crippen LogP contribution in [-0.2, 0) is 12.8 Å². The van der Waals surface area contributed by atoms with Gasteiger partial charge in [0, 0.05) is 44.1 Å². The number of guanidine groups is 1. The minimum atomic E-state index is 0.633. The Balaban J connectivity index is 1.66. The van der Waals surface area contributed by atoms with Crippen molar-refractivity contribution in [1.82, 2.24) is 25.8 Å². The number of thiazole rings is 1. The number of aryl methyl sites for hydroxylation is 2. The van der Waals surface area contributed by atoms with E-state index in [-0.39, 0.29) is 0 Å². The molecule has 7 nitrogen and oxygen atoms in total. The summed E-state index contributed by atoms with van der Waals surface area (Å²) >= 11 is 1.73. The largest absolute Gasteiger partial charge is 0.356 e. The first-order valence-corrected chi connectivity index (χ1v) is 7.64. The zero-order chi connectivity index (χ0) is 15.1. The van der Waals surface area contributed by atoms with E-state index in [4.69, 9.17) is 4.52 Å². The molecule has 0 fully saturated rings. The van der Waals surface area contributed by atoms with Crippen molar-refractivity contribution in [1.29, 1.82) is 0 Å². The molecule has 114 valence electrons. The summed E-state index contributed by atoms with van der Waals surface area (Å²) in [5, 5.41) is 11.4. The fourth-order valence-corrected chi connectivity index (χ4v) is 2.54. The Hall–Kier alpha value is -1.96. The van der Waals surface area contributed by atoms with E-state index in [0.717, 1.165) is 23.9 Å². The van der Waals surface area contributed by atoms with Crippen molar-refractivity contribution in [2.45, 2.75) is 26.7 Å². The Morgan fingerprint density at radius 1 is 1.29 bits per heavy atom. The minimum Gasteiger partial charge on any atom is -0.356 e. The van der Waals surface area contributed by atoms with Crippen LogP contribution in [-0.4, -0.2) is 41.2 Å². The summed E-state index contributed by atoms with van der Waals surface area (Å²) in [6.45, 7) is 5.36. The van der Waals surface area contributed by atoms with Gasteiger partial charge in [0.15, 0.2) is 11.8 Å². The molecule has 2 aromatic rings. The predicted molar refractivity (Wildman–Crippen MR) is 82.7 cm³/mol. The molecular formula is C13H20N6OS. The van der Waals surface area contributed by atoms with Crippen molar-refractivity contribution in [2.75, 3.05) is 20.1 Å². The van der Waals surface area contributed by atoms with Gasteiger partial charge in [-0.25, -0.2) is 4.98 Å². The highest BCUT2D eigenvalue weighted by Gasteiger charge is 2.04. The van der Waals surface area contributed by atoms with Crippen molar-refractivity contribution < 1.29 is 4.52 Å². The SMILES string of the molecule is CN=C(NCCc1nc(C)no1)NCCc1ncc(C)s1. The molecule has 0 aliphatic carbocycles. The number of hydrogen-bond acceptors (Lipinski definition) is 6. The van der Waals surface area contributed by atoms with Crippen LogP contribution >= 0.6 is 11.3 Å². The van der Waals surface area contributed by atoms with E-state index in [9.17, 15) is 0 Å². The topological polar surface area (TPSA) is 88.2 Å². The standard InChI is InChI=1S/C13H20N6OS/c1-9-8-17-12(21-9)5-7-16-13(14-3)15-6-4-11-18-10(2)19-20-11/h8H,4-7H2,1-3H3,(H2,14,15,16). The van der Waals surface area contributed by atoms with E-state index < -0.39 is 0 Å². The lowest BCUT2D eigenvalue weighted by Gasteiger charge is -2.10. The highest BCUT2D eigenvalue weighted by molar-refractivity contribution is 7.11. The average Bonchev–Trinajstić information content (AvgIpc) is 3.06. The van der Waals surface area contributed by atoms with Gasteiger partial charge in [0.05, 0.1) is 5.01 Å². The third-order valence-electron chi connectivity index (χ3n) is 2.73. The maximum atomic E-state index is 5.05. The first-order chi connectivity index (χ1) is 10.2. The third kappa shape index (κ3) is 5.14. The summed E-state index contributed by atoms with van der Waals surface area (Å²) in [4.78, 5) is 13.9. The highest BCUT2D eigenvalue weighted by Crippen LogP contribution is 2.10. The molecule has 8 heteroatoms. The van der Waals surface area contributed by atoms with Gasteiger partial charge in [0.25, 0.3) is 0 Å². The van der Waals surface area contributed by atoms with Crippen molar-refractivity contribution in [3.8, 4) is 0 Å². The van der Waals surface area contributed by atoms with Gasteiger partial charge in [-0.2, -0.15) is 4.98 Å². The first-order valence-electron chi connectivity index (χ1n) is 6.82. The van der Waals surface area contributed by atoms with Crippen LogP contribution in [0.2, 0.25) is 0 Å². The zero-order valence-corrected chi connectivity index (χ0v) is 13.3. The highest BCUT2D eigenvalue weighted by atomic mass is 32.1. The molecule has 0 bridgehead atoms. The zero-order valence-electron chi connectivity index (χ0n) is 12.5. The molecule has 0 aliphatic rings. The maximum Gasteiger partial charge on any atom is 0.228 e. The molecule has 0 saturated heterocycles. The summed E-state index contributed by atoms with van der Waals surface area (Å²) in [5.74, 6) is 2.06. The minimum absolute atomic E-state index is 0.633. The lowest BCUT2D eigenvalue weighted by Crippen LogP contribution is -2.39. The summed E-state index contributed by atoms with van der Waals surface area (Å²) in [7, 11) is 1.75. The second-order valence-corrected chi connectivity index (χ2v) is 5.85. The number of rotatable bonds is 6. The van der Waals surface area contributed by atoms with Gasteiger partial charge >= 0.3 is 0 Å². The maximum absolute atomic E-state index is 5.05. The van der Waals surface area contributed by atoms with E-state index in [1.54, 1.807) is 25.3 Å². The second kappa shape index (κ2) is 7.72. The molecule has 2 aromatic heterocycles. The molecule has 0 unspecified atom stereocenters. The van der Waals surface area contributed by atoms with Crippen LogP contribution in [0.1, 0.15) is 21.6 Å². The first kappa shape index (κ1) is 15.4. The predicted octanol–water partition coefficient (Wildman–Crippen LogP) is 1.09. The molecule has 2 heterocycles.